The Morgan fingerprint density at radius 2 is 1.74 bits per heavy atom. The van der Waals surface area contributed by atoms with Crippen LogP contribution in [0.1, 0.15) is 70.7 Å². The van der Waals surface area contributed by atoms with Crippen molar-refractivity contribution < 1.29 is 18.8 Å². The molecule has 7 heteroatoms. The standard InChI is InChI=1S/C24H36FN3O3/c1-6-16(2)26-23(31)21(27-22(30)18-9-7-8-10-19(18)25)17-11-13-28(14-12-17)20(29)15-24(3,4)5/h7-10,16-17,21H,6,11-15H2,1-5H3,(H,26,31)(H,27,30)/t16-,21+/m0/s1. The maximum Gasteiger partial charge on any atom is 0.254 e. The predicted molar refractivity (Wildman–Crippen MR) is 119 cm³/mol. The number of likely N-dealkylation sites (tertiary alicyclic amines) is 1. The normalized spacial score (nSPS) is 17.0. The summed E-state index contributed by atoms with van der Waals surface area (Å²) >= 11 is 0. The van der Waals surface area contributed by atoms with Crippen molar-refractivity contribution in [3.05, 3.63) is 35.6 Å². The quantitative estimate of drug-likeness (QED) is 0.691. The number of piperidine rings is 1. The fourth-order valence-corrected chi connectivity index (χ4v) is 3.74. The Labute approximate surface area is 185 Å². The summed E-state index contributed by atoms with van der Waals surface area (Å²) in [5.74, 6) is -1.50. The Bertz CT molecular complexity index is 783. The highest BCUT2D eigenvalue weighted by Crippen LogP contribution is 2.25. The Balaban J connectivity index is 2.11. The second-order valence-corrected chi connectivity index (χ2v) is 9.70. The number of hydrogen-bond donors (Lipinski definition) is 2. The summed E-state index contributed by atoms with van der Waals surface area (Å²) in [6.45, 7) is 11.1. The van der Waals surface area contributed by atoms with E-state index in [1.165, 1.54) is 18.2 Å². The van der Waals surface area contributed by atoms with Gasteiger partial charge in [0.2, 0.25) is 11.8 Å². The molecule has 2 rings (SSSR count). The van der Waals surface area contributed by atoms with Gasteiger partial charge in [0.25, 0.3) is 5.91 Å². The molecule has 1 aromatic rings. The number of carbonyl (C=O) groups is 3. The summed E-state index contributed by atoms with van der Waals surface area (Å²) < 4.78 is 14.1. The molecule has 1 aliphatic rings. The van der Waals surface area contributed by atoms with Gasteiger partial charge in [-0.2, -0.15) is 0 Å². The maximum absolute atomic E-state index is 14.1. The van der Waals surface area contributed by atoms with Gasteiger partial charge in [-0.1, -0.05) is 39.8 Å². The summed E-state index contributed by atoms with van der Waals surface area (Å²) in [4.78, 5) is 40.1. The highest BCUT2D eigenvalue weighted by Gasteiger charge is 2.35. The molecule has 3 amide bonds. The minimum absolute atomic E-state index is 0.0335. The van der Waals surface area contributed by atoms with Crippen molar-refractivity contribution in [2.75, 3.05) is 13.1 Å². The van der Waals surface area contributed by atoms with E-state index in [9.17, 15) is 18.8 Å². The number of amides is 3. The van der Waals surface area contributed by atoms with E-state index in [4.69, 9.17) is 0 Å². The van der Waals surface area contributed by atoms with Crippen molar-refractivity contribution >= 4 is 17.7 Å². The number of rotatable bonds is 7. The lowest BCUT2D eigenvalue weighted by atomic mass is 9.87. The van der Waals surface area contributed by atoms with Crippen LogP contribution in [-0.4, -0.2) is 47.8 Å². The van der Waals surface area contributed by atoms with E-state index in [-0.39, 0.29) is 34.8 Å². The number of halogens is 1. The second-order valence-electron chi connectivity index (χ2n) is 9.70. The minimum atomic E-state index is -0.777. The van der Waals surface area contributed by atoms with E-state index in [1.54, 1.807) is 6.07 Å². The van der Waals surface area contributed by atoms with E-state index in [0.717, 1.165) is 6.42 Å². The fraction of sp³-hybridized carbons (Fsp3) is 0.625. The third-order valence-electron chi connectivity index (χ3n) is 5.73. The van der Waals surface area contributed by atoms with Gasteiger partial charge in [-0.05, 0) is 49.7 Å². The largest absolute Gasteiger partial charge is 0.352 e. The SMILES string of the molecule is CC[C@H](C)NC(=O)[C@H](NC(=O)c1ccccc1F)C1CCN(C(=O)CC(C)(C)C)CC1. The first-order valence-corrected chi connectivity index (χ1v) is 11.2. The van der Waals surface area contributed by atoms with E-state index < -0.39 is 17.8 Å². The van der Waals surface area contributed by atoms with E-state index >= 15 is 0 Å². The first-order chi connectivity index (χ1) is 14.5. The smallest absolute Gasteiger partial charge is 0.254 e. The first-order valence-electron chi connectivity index (χ1n) is 11.2. The molecule has 2 N–H and O–H groups in total. The van der Waals surface area contributed by atoms with E-state index in [2.05, 4.69) is 10.6 Å². The number of benzene rings is 1. The molecule has 1 aromatic carbocycles. The molecule has 6 nitrogen and oxygen atoms in total. The van der Waals surface area contributed by atoms with Crippen LogP contribution in [0.5, 0.6) is 0 Å². The lowest BCUT2D eigenvalue weighted by Crippen LogP contribution is -2.55. The van der Waals surface area contributed by atoms with Gasteiger partial charge in [0, 0.05) is 25.6 Å². The molecule has 0 unspecified atom stereocenters. The summed E-state index contributed by atoms with van der Waals surface area (Å²) in [5, 5.41) is 5.70. The topological polar surface area (TPSA) is 78.5 Å². The highest BCUT2D eigenvalue weighted by atomic mass is 19.1. The zero-order valence-electron chi connectivity index (χ0n) is 19.3. The van der Waals surface area contributed by atoms with Gasteiger partial charge in [0.05, 0.1) is 5.56 Å². The minimum Gasteiger partial charge on any atom is -0.352 e. The Kier molecular flexibility index (Phi) is 8.60. The molecular weight excluding hydrogens is 397 g/mol. The number of nitrogens with one attached hydrogen (secondary N) is 2. The van der Waals surface area contributed by atoms with Gasteiger partial charge < -0.3 is 15.5 Å². The number of hydrogen-bond acceptors (Lipinski definition) is 3. The lowest BCUT2D eigenvalue weighted by molar-refractivity contribution is -0.134. The highest BCUT2D eigenvalue weighted by molar-refractivity contribution is 5.97. The molecule has 2 atom stereocenters. The van der Waals surface area contributed by atoms with Crippen LogP contribution in [0.3, 0.4) is 0 Å². The monoisotopic (exact) mass is 433 g/mol. The Morgan fingerprint density at radius 3 is 2.29 bits per heavy atom. The second kappa shape index (κ2) is 10.7. The third-order valence-corrected chi connectivity index (χ3v) is 5.73. The predicted octanol–water partition coefficient (Wildman–Crippen LogP) is 3.51. The molecule has 31 heavy (non-hydrogen) atoms. The van der Waals surface area contributed by atoms with Crippen LogP contribution in [0, 0.1) is 17.2 Å². The van der Waals surface area contributed by atoms with Crippen molar-refractivity contribution in [3.8, 4) is 0 Å². The maximum atomic E-state index is 14.1. The van der Waals surface area contributed by atoms with E-state index in [0.29, 0.717) is 32.4 Å². The van der Waals surface area contributed by atoms with Crippen LogP contribution in [-0.2, 0) is 9.59 Å². The zero-order valence-corrected chi connectivity index (χ0v) is 19.3. The van der Waals surface area contributed by atoms with Gasteiger partial charge in [0.15, 0.2) is 0 Å². The van der Waals surface area contributed by atoms with Crippen LogP contribution in [0.15, 0.2) is 24.3 Å². The van der Waals surface area contributed by atoms with Gasteiger partial charge >= 0.3 is 0 Å². The van der Waals surface area contributed by atoms with Gasteiger partial charge in [-0.15, -0.1) is 0 Å². The van der Waals surface area contributed by atoms with Crippen molar-refractivity contribution in [1.29, 1.82) is 0 Å². The molecular formula is C24H36FN3O3. The molecule has 1 saturated heterocycles. The third kappa shape index (κ3) is 7.33. The molecule has 1 aliphatic heterocycles. The zero-order chi connectivity index (χ0) is 23.2. The molecule has 0 bridgehead atoms. The number of nitrogens with zero attached hydrogens (tertiary/aromatic N) is 1. The molecule has 0 radical (unpaired) electrons. The van der Waals surface area contributed by atoms with Crippen LogP contribution in [0.25, 0.3) is 0 Å². The van der Waals surface area contributed by atoms with Crippen molar-refractivity contribution in [2.45, 2.75) is 72.4 Å². The molecule has 1 heterocycles. The Morgan fingerprint density at radius 1 is 1.13 bits per heavy atom. The number of carbonyl (C=O) groups excluding carboxylic acids is 3. The van der Waals surface area contributed by atoms with Gasteiger partial charge in [0.1, 0.15) is 11.9 Å². The molecule has 0 spiro atoms. The molecule has 0 aromatic heterocycles. The summed E-state index contributed by atoms with van der Waals surface area (Å²) in [6.07, 6.45) is 2.44. The molecule has 0 saturated carbocycles. The van der Waals surface area contributed by atoms with Crippen LogP contribution in [0.4, 0.5) is 4.39 Å². The first kappa shape index (κ1) is 24.8. The van der Waals surface area contributed by atoms with Crippen molar-refractivity contribution in [1.82, 2.24) is 15.5 Å². The lowest BCUT2D eigenvalue weighted by Gasteiger charge is -2.37. The summed E-state index contributed by atoms with van der Waals surface area (Å²) in [5.41, 5.74) is -0.165. The van der Waals surface area contributed by atoms with Crippen LogP contribution >= 0.6 is 0 Å². The summed E-state index contributed by atoms with van der Waals surface area (Å²) in [6, 6.07) is 4.93. The fourth-order valence-electron chi connectivity index (χ4n) is 3.74. The van der Waals surface area contributed by atoms with Gasteiger partial charge in [-0.3, -0.25) is 14.4 Å². The molecule has 0 aliphatic carbocycles. The van der Waals surface area contributed by atoms with Crippen LogP contribution < -0.4 is 10.6 Å². The average molecular weight is 434 g/mol. The Hall–Kier alpha value is -2.44. The van der Waals surface area contributed by atoms with Crippen LogP contribution in [0.2, 0.25) is 0 Å². The van der Waals surface area contributed by atoms with Crippen molar-refractivity contribution in [3.63, 3.8) is 0 Å². The van der Waals surface area contributed by atoms with E-state index in [1.807, 2.05) is 39.5 Å². The molecule has 1 fully saturated rings. The van der Waals surface area contributed by atoms with Crippen molar-refractivity contribution in [2.24, 2.45) is 11.3 Å². The summed E-state index contributed by atoms with van der Waals surface area (Å²) in [7, 11) is 0. The van der Waals surface area contributed by atoms with Gasteiger partial charge in [-0.25, -0.2) is 4.39 Å². The average Bonchev–Trinajstić information content (AvgIpc) is 2.70. The molecule has 172 valence electrons.